The van der Waals surface area contributed by atoms with Crippen LogP contribution in [0.4, 0.5) is 0 Å². The summed E-state index contributed by atoms with van der Waals surface area (Å²) < 4.78 is 5.40. The molecular weight excluding hydrogens is 334 g/mol. The van der Waals surface area contributed by atoms with E-state index in [9.17, 15) is 0 Å². The molecule has 1 aromatic heterocycles. The van der Waals surface area contributed by atoms with Crippen molar-refractivity contribution in [2.45, 2.75) is 12.8 Å². The number of aliphatic imine (C=N–C) groups is 1. The third kappa shape index (κ3) is 4.35. The summed E-state index contributed by atoms with van der Waals surface area (Å²) in [7, 11) is 0. The fraction of sp³-hybridized carbons (Fsp3) is 0.200. The third-order valence-electron chi connectivity index (χ3n) is 4.01. The summed E-state index contributed by atoms with van der Waals surface area (Å²) in [5.41, 5.74) is 10.8. The molecule has 1 saturated heterocycles. The summed E-state index contributed by atoms with van der Waals surface area (Å²) in [6.07, 6.45) is 2.94. The minimum atomic E-state index is 0.489. The van der Waals surface area contributed by atoms with Gasteiger partial charge in [-0.3, -0.25) is 9.98 Å². The number of pyridine rings is 1. The van der Waals surface area contributed by atoms with Gasteiger partial charge in [0.05, 0.1) is 30.3 Å². The van der Waals surface area contributed by atoms with Crippen LogP contribution in [-0.4, -0.2) is 23.9 Å². The maximum atomic E-state index is 6.24. The Kier molecular flexibility index (Phi) is 5.64. The van der Waals surface area contributed by atoms with Crippen molar-refractivity contribution in [1.29, 1.82) is 0 Å². The van der Waals surface area contributed by atoms with Crippen molar-refractivity contribution in [3.8, 4) is 0 Å². The highest BCUT2D eigenvalue weighted by Gasteiger charge is 2.14. The van der Waals surface area contributed by atoms with E-state index < -0.39 is 0 Å². The molecule has 1 fully saturated rings. The normalized spacial score (nSPS) is 17.8. The van der Waals surface area contributed by atoms with Crippen molar-refractivity contribution >= 4 is 23.0 Å². The lowest BCUT2D eigenvalue weighted by atomic mass is 10.1. The second kappa shape index (κ2) is 8.10. The molecule has 0 bridgehead atoms. The first-order chi connectivity index (χ1) is 12.2. The first-order valence-electron chi connectivity index (χ1n) is 8.12. The monoisotopic (exact) mass is 353 g/mol. The number of ether oxygens (including phenoxy) is 1. The summed E-state index contributed by atoms with van der Waals surface area (Å²) in [5.74, 6) is 0. The Hall–Kier alpha value is -2.43. The predicted octanol–water partition coefficient (Wildman–Crippen LogP) is 4.00. The van der Waals surface area contributed by atoms with Gasteiger partial charge in [0.1, 0.15) is 0 Å². The van der Waals surface area contributed by atoms with Crippen LogP contribution in [0.1, 0.15) is 23.4 Å². The van der Waals surface area contributed by atoms with E-state index in [1.165, 1.54) is 0 Å². The number of hydrogen-bond donors (Lipinski definition) is 1. The summed E-state index contributed by atoms with van der Waals surface area (Å²) in [4.78, 5) is 9.31. The van der Waals surface area contributed by atoms with E-state index in [-0.39, 0.29) is 0 Å². The van der Waals surface area contributed by atoms with Crippen LogP contribution in [0.25, 0.3) is 5.70 Å². The molecule has 1 aromatic carbocycles. The molecule has 0 amide bonds. The van der Waals surface area contributed by atoms with Gasteiger partial charge in [-0.1, -0.05) is 42.4 Å². The van der Waals surface area contributed by atoms with E-state index in [0.717, 1.165) is 39.7 Å². The molecule has 2 N–H and O–H groups in total. The summed E-state index contributed by atoms with van der Waals surface area (Å²) in [5, 5.41) is 0.744. The highest BCUT2D eigenvalue weighted by Crippen LogP contribution is 2.20. The molecule has 1 aliphatic heterocycles. The number of aromatic nitrogens is 1. The maximum Gasteiger partial charge on any atom is 0.0883 e. The number of nitrogens with two attached hydrogens (primary N) is 1. The quantitative estimate of drug-likeness (QED) is 0.903. The van der Waals surface area contributed by atoms with Gasteiger partial charge in [0.2, 0.25) is 0 Å². The van der Waals surface area contributed by atoms with Crippen molar-refractivity contribution in [2.24, 2.45) is 10.7 Å². The van der Waals surface area contributed by atoms with Gasteiger partial charge in [-0.2, -0.15) is 0 Å². The smallest absolute Gasteiger partial charge is 0.0883 e. The van der Waals surface area contributed by atoms with Gasteiger partial charge < -0.3 is 10.5 Å². The second-order valence-electron chi connectivity index (χ2n) is 5.78. The average Bonchev–Trinajstić information content (AvgIpc) is 2.64. The van der Waals surface area contributed by atoms with E-state index in [1.807, 2.05) is 42.5 Å². The fourth-order valence-electron chi connectivity index (χ4n) is 2.66. The van der Waals surface area contributed by atoms with Crippen LogP contribution in [0.2, 0.25) is 5.02 Å². The molecule has 0 radical (unpaired) electrons. The Labute approximate surface area is 152 Å². The second-order valence-corrected chi connectivity index (χ2v) is 6.19. The number of rotatable bonds is 4. The van der Waals surface area contributed by atoms with Crippen molar-refractivity contribution in [2.75, 3.05) is 13.2 Å². The van der Waals surface area contributed by atoms with Gasteiger partial charge in [-0.15, -0.1) is 0 Å². The topological polar surface area (TPSA) is 60.5 Å². The van der Waals surface area contributed by atoms with Gasteiger partial charge in [0.25, 0.3) is 0 Å². The first kappa shape index (κ1) is 17.4. The van der Waals surface area contributed by atoms with Crippen LogP contribution in [0, 0.1) is 0 Å². The van der Waals surface area contributed by atoms with Crippen LogP contribution >= 0.6 is 11.6 Å². The van der Waals surface area contributed by atoms with E-state index in [2.05, 4.69) is 16.6 Å². The van der Waals surface area contributed by atoms with Gasteiger partial charge in [0, 0.05) is 35.3 Å². The standard InChI is InChI=1S/C20H20ClN3O/c1-14(23-20-9-10-25-13-16(20)12-22)19-8-4-6-17(24-19)11-15-5-2-3-7-18(15)21/h2-8,12H,1,9-11,13,22H2/b16-12-,23-20?. The third-order valence-corrected chi connectivity index (χ3v) is 4.38. The lowest BCUT2D eigenvalue weighted by molar-refractivity contribution is 0.157. The SMILES string of the molecule is C=C(N=C1CCOC/C1=C/N)c1cccc(Cc2ccccc2Cl)n1. The minimum Gasteiger partial charge on any atom is -0.404 e. The average molecular weight is 354 g/mol. The lowest BCUT2D eigenvalue weighted by Crippen LogP contribution is -2.20. The van der Waals surface area contributed by atoms with E-state index in [0.29, 0.717) is 25.3 Å². The van der Waals surface area contributed by atoms with Crippen LogP contribution in [0.3, 0.4) is 0 Å². The lowest BCUT2D eigenvalue weighted by Gasteiger charge is -2.17. The van der Waals surface area contributed by atoms with E-state index >= 15 is 0 Å². The molecule has 0 saturated carbocycles. The van der Waals surface area contributed by atoms with E-state index in [4.69, 9.17) is 22.1 Å². The molecular formula is C20H20ClN3O. The van der Waals surface area contributed by atoms with Crippen molar-refractivity contribution < 1.29 is 4.74 Å². The van der Waals surface area contributed by atoms with Crippen LogP contribution in [0.5, 0.6) is 0 Å². The molecule has 1 aliphatic rings. The highest BCUT2D eigenvalue weighted by atomic mass is 35.5. The van der Waals surface area contributed by atoms with Crippen LogP contribution in [0.15, 0.2) is 65.8 Å². The molecule has 0 spiro atoms. The van der Waals surface area contributed by atoms with Crippen LogP contribution in [-0.2, 0) is 11.2 Å². The number of benzene rings is 1. The largest absolute Gasteiger partial charge is 0.404 e. The van der Waals surface area contributed by atoms with Gasteiger partial charge in [-0.25, -0.2) is 0 Å². The molecule has 4 nitrogen and oxygen atoms in total. The molecule has 0 aliphatic carbocycles. The zero-order valence-electron chi connectivity index (χ0n) is 13.9. The molecule has 5 heteroatoms. The number of hydrogen-bond acceptors (Lipinski definition) is 4. The Balaban J connectivity index is 1.81. The minimum absolute atomic E-state index is 0.489. The molecule has 3 rings (SSSR count). The molecule has 0 atom stereocenters. The summed E-state index contributed by atoms with van der Waals surface area (Å²) >= 11 is 6.24. The van der Waals surface area contributed by atoms with Crippen molar-refractivity contribution in [3.63, 3.8) is 0 Å². The molecule has 25 heavy (non-hydrogen) atoms. The zero-order valence-corrected chi connectivity index (χ0v) is 14.7. The highest BCUT2D eigenvalue weighted by molar-refractivity contribution is 6.31. The van der Waals surface area contributed by atoms with Crippen LogP contribution < -0.4 is 5.73 Å². The van der Waals surface area contributed by atoms with Gasteiger partial charge in [-0.05, 0) is 23.8 Å². The predicted molar refractivity (Wildman–Crippen MR) is 103 cm³/mol. The van der Waals surface area contributed by atoms with Crippen molar-refractivity contribution in [1.82, 2.24) is 4.98 Å². The first-order valence-corrected chi connectivity index (χ1v) is 8.50. The molecule has 2 aromatic rings. The summed E-state index contributed by atoms with van der Waals surface area (Å²) in [6.45, 7) is 5.20. The summed E-state index contributed by atoms with van der Waals surface area (Å²) in [6, 6.07) is 13.6. The van der Waals surface area contributed by atoms with Gasteiger partial charge >= 0.3 is 0 Å². The number of nitrogens with zero attached hydrogens (tertiary/aromatic N) is 2. The Morgan fingerprint density at radius 2 is 2.12 bits per heavy atom. The molecule has 0 unspecified atom stereocenters. The maximum absolute atomic E-state index is 6.24. The Bertz CT molecular complexity index is 842. The Morgan fingerprint density at radius 1 is 1.28 bits per heavy atom. The van der Waals surface area contributed by atoms with Crippen molar-refractivity contribution in [3.05, 3.63) is 82.8 Å². The Morgan fingerprint density at radius 3 is 2.92 bits per heavy atom. The molecule has 2 heterocycles. The zero-order chi connectivity index (χ0) is 17.6. The number of halogens is 1. The van der Waals surface area contributed by atoms with Gasteiger partial charge in [0.15, 0.2) is 0 Å². The molecule has 128 valence electrons. The van der Waals surface area contributed by atoms with E-state index in [1.54, 1.807) is 6.20 Å². The fourth-order valence-corrected chi connectivity index (χ4v) is 2.87.